The van der Waals surface area contributed by atoms with Gasteiger partial charge in [0, 0.05) is 0 Å². The van der Waals surface area contributed by atoms with Gasteiger partial charge in [0.25, 0.3) is 0 Å². The highest BCUT2D eigenvalue weighted by atomic mass is 127. The van der Waals surface area contributed by atoms with E-state index in [-0.39, 0.29) is 9.97 Å². The standard InChI is InChI=1S/C12H13INO2/c1-15-11-5-7-8(6-12(11)16-2)10(14)4-3-9(7)13/h3,5-6,9-10H,14H2,1-2H3. The van der Waals surface area contributed by atoms with E-state index in [0.29, 0.717) is 5.75 Å². The van der Waals surface area contributed by atoms with Crippen molar-refractivity contribution in [2.45, 2.75) is 9.97 Å². The van der Waals surface area contributed by atoms with Crippen molar-refractivity contribution in [2.24, 2.45) is 5.73 Å². The molecule has 85 valence electrons. The molecule has 1 aromatic rings. The second-order valence-electron chi connectivity index (χ2n) is 3.55. The third kappa shape index (κ3) is 1.91. The highest BCUT2D eigenvalue weighted by Gasteiger charge is 2.22. The lowest BCUT2D eigenvalue weighted by atomic mass is 9.93. The van der Waals surface area contributed by atoms with Crippen molar-refractivity contribution in [3.05, 3.63) is 35.4 Å². The molecule has 0 aromatic heterocycles. The first-order chi connectivity index (χ1) is 7.67. The number of benzene rings is 1. The topological polar surface area (TPSA) is 44.5 Å². The fraction of sp³-hybridized carbons (Fsp3) is 0.333. The average Bonchev–Trinajstić information content (AvgIpc) is 2.32. The number of hydrogen-bond donors (Lipinski definition) is 1. The van der Waals surface area contributed by atoms with Gasteiger partial charge in [-0.25, -0.2) is 0 Å². The molecule has 0 saturated heterocycles. The molecule has 1 aliphatic carbocycles. The fourth-order valence-electron chi connectivity index (χ4n) is 1.79. The number of methoxy groups -OCH3 is 2. The maximum absolute atomic E-state index is 5.98. The second-order valence-corrected chi connectivity index (χ2v) is 4.89. The number of nitrogens with two attached hydrogens (primary N) is 1. The summed E-state index contributed by atoms with van der Waals surface area (Å²) in [5.41, 5.74) is 8.21. The first kappa shape index (κ1) is 11.7. The van der Waals surface area contributed by atoms with E-state index in [4.69, 9.17) is 15.2 Å². The molecule has 2 N–H and O–H groups in total. The van der Waals surface area contributed by atoms with Crippen LogP contribution in [0.2, 0.25) is 0 Å². The summed E-state index contributed by atoms with van der Waals surface area (Å²) in [6.45, 7) is 0. The Morgan fingerprint density at radius 2 is 1.75 bits per heavy atom. The van der Waals surface area contributed by atoms with Crippen molar-refractivity contribution in [3.8, 4) is 11.5 Å². The van der Waals surface area contributed by atoms with Gasteiger partial charge in [-0.05, 0) is 29.3 Å². The molecule has 1 aromatic carbocycles. The number of ether oxygens (including phenoxy) is 2. The van der Waals surface area contributed by atoms with Crippen LogP contribution in [0.15, 0.2) is 18.2 Å². The van der Waals surface area contributed by atoms with Gasteiger partial charge in [0.2, 0.25) is 0 Å². The normalized spacial score (nSPS) is 22.8. The van der Waals surface area contributed by atoms with Crippen molar-refractivity contribution in [3.63, 3.8) is 0 Å². The number of alkyl halides is 1. The molecule has 0 saturated carbocycles. The molecule has 1 aliphatic rings. The summed E-state index contributed by atoms with van der Waals surface area (Å²) in [4.78, 5) is 0. The molecule has 2 rings (SSSR count). The van der Waals surface area contributed by atoms with Crippen LogP contribution < -0.4 is 15.2 Å². The van der Waals surface area contributed by atoms with Crippen LogP contribution >= 0.6 is 22.6 Å². The summed E-state index contributed by atoms with van der Waals surface area (Å²) in [5.74, 6) is 1.45. The third-order valence-electron chi connectivity index (χ3n) is 2.64. The summed E-state index contributed by atoms with van der Waals surface area (Å²) in [5, 5.41) is 0. The first-order valence-corrected chi connectivity index (χ1v) is 6.16. The average molecular weight is 330 g/mol. The zero-order chi connectivity index (χ0) is 11.7. The Balaban J connectivity index is 2.56. The van der Waals surface area contributed by atoms with Crippen molar-refractivity contribution >= 4 is 22.6 Å². The number of fused-ring (bicyclic) bond motifs is 1. The van der Waals surface area contributed by atoms with E-state index in [1.165, 1.54) is 5.56 Å². The molecule has 3 nitrogen and oxygen atoms in total. The molecule has 1 radical (unpaired) electrons. The van der Waals surface area contributed by atoms with Crippen molar-refractivity contribution in [1.29, 1.82) is 0 Å². The zero-order valence-corrected chi connectivity index (χ0v) is 11.3. The molecule has 2 unspecified atom stereocenters. The Bertz CT molecular complexity index is 392. The summed E-state index contributed by atoms with van der Waals surface area (Å²) in [6.07, 6.45) is 5.11. The lowest BCUT2D eigenvalue weighted by Crippen LogP contribution is -2.15. The lowest BCUT2D eigenvalue weighted by molar-refractivity contribution is 0.354. The highest BCUT2D eigenvalue weighted by molar-refractivity contribution is 14.1. The van der Waals surface area contributed by atoms with E-state index >= 15 is 0 Å². The van der Waals surface area contributed by atoms with Crippen LogP contribution in [0.25, 0.3) is 0 Å². The van der Waals surface area contributed by atoms with Crippen LogP contribution in [0.3, 0.4) is 0 Å². The van der Waals surface area contributed by atoms with Crippen LogP contribution in [-0.2, 0) is 0 Å². The molecule has 16 heavy (non-hydrogen) atoms. The largest absolute Gasteiger partial charge is 0.493 e. The number of halogens is 1. The molecule has 0 spiro atoms. The molecule has 0 amide bonds. The first-order valence-electron chi connectivity index (χ1n) is 4.92. The molecule has 0 fully saturated rings. The summed E-state index contributed by atoms with van der Waals surface area (Å²) in [7, 11) is 3.26. The summed E-state index contributed by atoms with van der Waals surface area (Å²) >= 11 is 2.35. The maximum Gasteiger partial charge on any atom is 0.161 e. The Morgan fingerprint density at radius 3 is 2.31 bits per heavy atom. The smallest absolute Gasteiger partial charge is 0.161 e. The molecular formula is C12H13INO2. The minimum Gasteiger partial charge on any atom is -0.493 e. The van der Waals surface area contributed by atoms with E-state index in [2.05, 4.69) is 28.7 Å². The van der Waals surface area contributed by atoms with Crippen LogP contribution in [0.1, 0.15) is 21.1 Å². The van der Waals surface area contributed by atoms with Gasteiger partial charge < -0.3 is 15.2 Å². The van der Waals surface area contributed by atoms with Gasteiger partial charge in [0.15, 0.2) is 11.5 Å². The summed E-state index contributed by atoms with van der Waals surface area (Å²) in [6, 6.07) is 3.74. The predicted molar refractivity (Wildman–Crippen MR) is 71.0 cm³/mol. The van der Waals surface area contributed by atoms with Crippen LogP contribution in [0, 0.1) is 6.08 Å². The quantitative estimate of drug-likeness (QED) is 0.670. The fourth-order valence-corrected chi connectivity index (χ4v) is 2.53. The zero-order valence-electron chi connectivity index (χ0n) is 9.16. The van der Waals surface area contributed by atoms with Crippen molar-refractivity contribution < 1.29 is 9.47 Å². The molecule has 0 aliphatic heterocycles. The van der Waals surface area contributed by atoms with Gasteiger partial charge in [-0.1, -0.05) is 28.7 Å². The maximum atomic E-state index is 5.98. The number of hydrogen-bond acceptors (Lipinski definition) is 3. The Labute approximate surface area is 109 Å². The minimum absolute atomic E-state index is 0.180. The highest BCUT2D eigenvalue weighted by Crippen LogP contribution is 2.41. The van der Waals surface area contributed by atoms with Gasteiger partial charge in [-0.2, -0.15) is 0 Å². The second kappa shape index (κ2) is 4.63. The summed E-state index contributed by atoms with van der Waals surface area (Å²) < 4.78 is 10.8. The van der Waals surface area contributed by atoms with Crippen molar-refractivity contribution in [1.82, 2.24) is 0 Å². The molecule has 0 heterocycles. The third-order valence-corrected chi connectivity index (χ3v) is 3.67. The van der Waals surface area contributed by atoms with Gasteiger partial charge in [-0.3, -0.25) is 0 Å². The van der Waals surface area contributed by atoms with Crippen LogP contribution in [0.5, 0.6) is 11.5 Å². The predicted octanol–water partition coefficient (Wildman–Crippen LogP) is 2.55. The van der Waals surface area contributed by atoms with Crippen LogP contribution in [-0.4, -0.2) is 14.2 Å². The van der Waals surface area contributed by atoms with E-state index in [1.54, 1.807) is 14.2 Å². The van der Waals surface area contributed by atoms with Gasteiger partial charge in [-0.15, -0.1) is 0 Å². The van der Waals surface area contributed by atoms with Gasteiger partial charge in [0.1, 0.15) is 0 Å². The van der Waals surface area contributed by atoms with Crippen molar-refractivity contribution in [2.75, 3.05) is 14.2 Å². The molecule has 0 bridgehead atoms. The van der Waals surface area contributed by atoms with Gasteiger partial charge in [0.05, 0.1) is 24.2 Å². The number of allylic oxidation sites excluding steroid dienone is 1. The SMILES string of the molecule is COc1cc2c(cc1OC)C(I)C=[C]C2N. The minimum atomic E-state index is -0.180. The van der Waals surface area contributed by atoms with Gasteiger partial charge >= 0.3 is 0 Å². The Kier molecular flexibility index (Phi) is 3.39. The monoisotopic (exact) mass is 330 g/mol. The lowest BCUT2D eigenvalue weighted by Gasteiger charge is -2.22. The Morgan fingerprint density at radius 1 is 1.19 bits per heavy atom. The molecule has 2 atom stereocenters. The Hall–Kier alpha value is -0.750. The van der Waals surface area contributed by atoms with E-state index in [0.717, 1.165) is 11.3 Å². The van der Waals surface area contributed by atoms with E-state index in [9.17, 15) is 0 Å². The van der Waals surface area contributed by atoms with E-state index < -0.39 is 0 Å². The number of rotatable bonds is 2. The molecule has 4 heteroatoms. The van der Waals surface area contributed by atoms with Crippen LogP contribution in [0.4, 0.5) is 0 Å². The van der Waals surface area contributed by atoms with E-state index in [1.807, 2.05) is 18.2 Å². The molecular weight excluding hydrogens is 317 g/mol.